The summed E-state index contributed by atoms with van der Waals surface area (Å²) in [5.41, 5.74) is 0. The Bertz CT molecular complexity index is 326. The maximum Gasteiger partial charge on any atom is 0.452 e. The van der Waals surface area contributed by atoms with Gasteiger partial charge in [-0.05, 0) is 13.8 Å². The molecule has 1 rings (SSSR count). The molecule has 0 aliphatic heterocycles. The first-order valence-electron chi connectivity index (χ1n) is 4.12. The molecule has 15 heavy (non-hydrogen) atoms. The number of rotatable bonds is 3. The topological polar surface area (TPSA) is 37.8 Å². The first-order chi connectivity index (χ1) is 6.80. The van der Waals surface area contributed by atoms with Crippen molar-refractivity contribution >= 4 is 28.3 Å². The zero-order valence-corrected chi connectivity index (χ0v) is 9.54. The monoisotopic (exact) mass is 259 g/mol. The minimum atomic E-state index is -4.49. The van der Waals surface area contributed by atoms with Gasteiger partial charge in [-0.2, -0.15) is 22.5 Å². The summed E-state index contributed by atoms with van der Waals surface area (Å²) in [6.45, 7) is 3.50. The van der Waals surface area contributed by atoms with E-state index >= 15 is 0 Å². The van der Waals surface area contributed by atoms with Gasteiger partial charge >= 0.3 is 6.18 Å². The van der Waals surface area contributed by atoms with Crippen LogP contribution in [0.3, 0.4) is 0 Å². The number of nitrogens with one attached hydrogen (secondary N) is 1. The molecule has 0 aliphatic carbocycles. The van der Waals surface area contributed by atoms with E-state index in [2.05, 4.69) is 14.7 Å². The highest BCUT2D eigenvalue weighted by molar-refractivity contribution is 7.09. The van der Waals surface area contributed by atoms with Gasteiger partial charge in [0.2, 0.25) is 11.0 Å². The van der Waals surface area contributed by atoms with Crippen LogP contribution in [0.4, 0.5) is 18.3 Å². The molecule has 1 heterocycles. The Hall–Kier alpha value is -0.560. The largest absolute Gasteiger partial charge is 0.452 e. The number of aromatic nitrogens is 2. The van der Waals surface area contributed by atoms with E-state index in [9.17, 15) is 13.2 Å². The van der Waals surface area contributed by atoms with E-state index < -0.39 is 12.0 Å². The van der Waals surface area contributed by atoms with Crippen molar-refractivity contribution in [3.8, 4) is 0 Å². The molecule has 0 radical (unpaired) electrons. The Morgan fingerprint density at radius 1 is 1.40 bits per heavy atom. The quantitative estimate of drug-likeness (QED) is 0.848. The molecular weight excluding hydrogens is 251 g/mol. The van der Waals surface area contributed by atoms with Gasteiger partial charge in [0.25, 0.3) is 0 Å². The van der Waals surface area contributed by atoms with Gasteiger partial charge in [-0.1, -0.05) is 0 Å². The molecule has 0 saturated heterocycles. The third-order valence-corrected chi connectivity index (χ3v) is 2.74. The van der Waals surface area contributed by atoms with Crippen LogP contribution in [0.15, 0.2) is 0 Å². The molecule has 3 nitrogen and oxygen atoms in total. The van der Waals surface area contributed by atoms with E-state index in [4.69, 9.17) is 11.6 Å². The third-order valence-electron chi connectivity index (χ3n) is 1.72. The zero-order chi connectivity index (χ0) is 11.6. The molecule has 0 spiro atoms. The van der Waals surface area contributed by atoms with Crippen molar-refractivity contribution in [3.05, 3.63) is 5.82 Å². The van der Waals surface area contributed by atoms with Crippen molar-refractivity contribution in [2.24, 2.45) is 0 Å². The smallest absolute Gasteiger partial charge is 0.356 e. The summed E-state index contributed by atoms with van der Waals surface area (Å²) >= 11 is 6.42. The summed E-state index contributed by atoms with van der Waals surface area (Å²) in [7, 11) is 0. The summed E-state index contributed by atoms with van der Waals surface area (Å²) < 4.78 is 39.6. The highest BCUT2D eigenvalue weighted by atomic mass is 35.5. The van der Waals surface area contributed by atoms with E-state index in [-0.39, 0.29) is 16.6 Å². The van der Waals surface area contributed by atoms with E-state index in [1.807, 2.05) is 0 Å². The van der Waals surface area contributed by atoms with E-state index in [1.165, 1.54) is 0 Å². The molecule has 0 bridgehead atoms. The number of halogens is 4. The molecule has 1 aromatic rings. The van der Waals surface area contributed by atoms with Crippen LogP contribution in [0.1, 0.15) is 19.7 Å². The fourth-order valence-electron chi connectivity index (χ4n) is 0.707. The van der Waals surface area contributed by atoms with Crippen LogP contribution in [0, 0.1) is 0 Å². The summed E-state index contributed by atoms with van der Waals surface area (Å²) in [6, 6.07) is -0.166. The van der Waals surface area contributed by atoms with Crippen molar-refractivity contribution in [3.63, 3.8) is 0 Å². The maximum atomic E-state index is 12.1. The molecule has 86 valence electrons. The number of nitrogens with zero attached hydrogens (tertiary/aromatic N) is 2. The van der Waals surface area contributed by atoms with Crippen LogP contribution in [0.2, 0.25) is 0 Å². The predicted molar refractivity (Wildman–Crippen MR) is 53.3 cm³/mol. The van der Waals surface area contributed by atoms with Gasteiger partial charge in [0.1, 0.15) is 0 Å². The van der Waals surface area contributed by atoms with Gasteiger partial charge in [-0.3, -0.25) is 0 Å². The Morgan fingerprint density at radius 2 is 2.00 bits per heavy atom. The van der Waals surface area contributed by atoms with Crippen LogP contribution in [0.5, 0.6) is 0 Å². The van der Waals surface area contributed by atoms with Crippen LogP contribution >= 0.6 is 23.1 Å². The number of hydrogen-bond acceptors (Lipinski definition) is 4. The summed E-state index contributed by atoms with van der Waals surface area (Å²) in [4.78, 5) is 3.32. The van der Waals surface area contributed by atoms with E-state index in [1.54, 1.807) is 13.8 Å². The minimum absolute atomic E-state index is 0.127. The fraction of sp³-hybridized carbons (Fsp3) is 0.714. The summed E-state index contributed by atoms with van der Waals surface area (Å²) in [6.07, 6.45) is -4.49. The van der Waals surface area contributed by atoms with Gasteiger partial charge < -0.3 is 5.32 Å². The minimum Gasteiger partial charge on any atom is -0.356 e. The third kappa shape index (κ3) is 3.49. The van der Waals surface area contributed by atoms with Crippen molar-refractivity contribution < 1.29 is 13.2 Å². The molecule has 0 fully saturated rings. The van der Waals surface area contributed by atoms with E-state index in [0.717, 1.165) is 0 Å². The fourth-order valence-corrected chi connectivity index (χ4v) is 1.45. The van der Waals surface area contributed by atoms with Gasteiger partial charge in [-0.15, -0.1) is 11.6 Å². The zero-order valence-electron chi connectivity index (χ0n) is 7.97. The molecule has 0 saturated carbocycles. The molecule has 1 aromatic heterocycles. The molecule has 1 N–H and O–H groups in total. The second-order valence-electron chi connectivity index (χ2n) is 3.03. The van der Waals surface area contributed by atoms with Crippen molar-refractivity contribution in [2.45, 2.75) is 31.4 Å². The number of alkyl halides is 4. The number of hydrogen-bond donors (Lipinski definition) is 1. The molecule has 0 amide bonds. The van der Waals surface area contributed by atoms with Crippen LogP contribution < -0.4 is 5.32 Å². The molecule has 8 heteroatoms. The molecule has 2 unspecified atom stereocenters. The van der Waals surface area contributed by atoms with Crippen molar-refractivity contribution in [2.75, 3.05) is 5.32 Å². The summed E-state index contributed by atoms with van der Waals surface area (Å²) in [5, 5.41) is 2.67. The highest BCUT2D eigenvalue weighted by Gasteiger charge is 2.36. The van der Waals surface area contributed by atoms with Gasteiger partial charge in [0.05, 0.1) is 5.38 Å². The molecule has 0 aliphatic rings. The average molecular weight is 260 g/mol. The lowest BCUT2D eigenvalue weighted by Gasteiger charge is -2.13. The van der Waals surface area contributed by atoms with Crippen LogP contribution in [-0.2, 0) is 6.18 Å². The van der Waals surface area contributed by atoms with Crippen LogP contribution in [-0.4, -0.2) is 20.8 Å². The standard InChI is InChI=1S/C7H9ClF3N3S/c1-3(8)4(2)12-6-13-5(14-15-6)7(9,10)11/h3-4H,1-2H3,(H,12,13,14). The van der Waals surface area contributed by atoms with Gasteiger partial charge in [0.15, 0.2) is 0 Å². The molecular formula is C7H9ClF3N3S. The normalized spacial score (nSPS) is 16.1. The summed E-state index contributed by atoms with van der Waals surface area (Å²) in [5.74, 6) is -1.12. The van der Waals surface area contributed by atoms with Gasteiger partial charge in [-0.25, -0.2) is 0 Å². The Morgan fingerprint density at radius 3 is 2.40 bits per heavy atom. The molecule has 0 aromatic carbocycles. The Kier molecular flexibility index (Phi) is 3.77. The lowest BCUT2D eigenvalue weighted by molar-refractivity contribution is -0.144. The van der Waals surface area contributed by atoms with E-state index in [0.29, 0.717) is 11.5 Å². The maximum absolute atomic E-state index is 12.1. The van der Waals surface area contributed by atoms with Crippen molar-refractivity contribution in [1.82, 2.24) is 9.36 Å². The van der Waals surface area contributed by atoms with Crippen LogP contribution in [0.25, 0.3) is 0 Å². The Labute approximate surface area is 93.8 Å². The second-order valence-corrected chi connectivity index (χ2v) is 4.47. The SMILES string of the molecule is CC(Cl)C(C)Nc1nc(C(F)(F)F)ns1. The molecule has 2 atom stereocenters. The first kappa shape index (κ1) is 12.5. The predicted octanol–water partition coefficient (Wildman–Crippen LogP) is 2.98. The first-order valence-corrected chi connectivity index (χ1v) is 5.33. The Balaban J connectivity index is 2.69. The highest BCUT2D eigenvalue weighted by Crippen LogP contribution is 2.29. The van der Waals surface area contributed by atoms with Gasteiger partial charge in [0, 0.05) is 17.6 Å². The lowest BCUT2D eigenvalue weighted by atomic mass is 10.3. The average Bonchev–Trinajstić information content (AvgIpc) is 2.51. The second kappa shape index (κ2) is 4.52. The van der Waals surface area contributed by atoms with Crippen molar-refractivity contribution in [1.29, 1.82) is 0 Å². The number of anilines is 1. The lowest BCUT2D eigenvalue weighted by Crippen LogP contribution is -2.23.